The van der Waals surface area contributed by atoms with Crippen molar-refractivity contribution in [2.24, 2.45) is 5.73 Å². The quantitative estimate of drug-likeness (QED) is 0.923. The normalized spacial score (nSPS) is 22.4. The number of nitrogens with zero attached hydrogens (tertiary/aromatic N) is 2. The van der Waals surface area contributed by atoms with Crippen LogP contribution in [0.5, 0.6) is 5.75 Å². The van der Waals surface area contributed by atoms with Crippen molar-refractivity contribution in [1.29, 1.82) is 0 Å². The van der Waals surface area contributed by atoms with Crippen LogP contribution in [0.25, 0.3) is 0 Å². The van der Waals surface area contributed by atoms with E-state index in [0.717, 1.165) is 37.9 Å². The summed E-state index contributed by atoms with van der Waals surface area (Å²) in [6, 6.07) is 8.01. The van der Waals surface area contributed by atoms with Crippen molar-refractivity contribution in [3.05, 3.63) is 41.5 Å². The van der Waals surface area contributed by atoms with Gasteiger partial charge >= 0.3 is 0 Å². The standard InChI is InChI=1S/C15H17N3O2.ClH/c16-15(7-3-4-8-15)14-17-13(20-18-14)12-9-10-5-1-2-6-11(10)19-12;/h1-2,5-6,12H,3-4,7-9,16H2;1H. The summed E-state index contributed by atoms with van der Waals surface area (Å²) in [5, 5.41) is 4.09. The summed E-state index contributed by atoms with van der Waals surface area (Å²) < 4.78 is 11.3. The maximum Gasteiger partial charge on any atom is 0.268 e. The fourth-order valence-electron chi connectivity index (χ4n) is 3.12. The van der Waals surface area contributed by atoms with Crippen LogP contribution in [0.3, 0.4) is 0 Å². The molecule has 112 valence electrons. The first kappa shape index (κ1) is 14.4. The van der Waals surface area contributed by atoms with E-state index in [1.165, 1.54) is 5.56 Å². The molecule has 1 aromatic heterocycles. The van der Waals surface area contributed by atoms with Crippen LogP contribution in [0.1, 0.15) is 49.1 Å². The van der Waals surface area contributed by atoms with E-state index in [1.807, 2.05) is 18.2 Å². The van der Waals surface area contributed by atoms with Gasteiger partial charge in [-0.2, -0.15) is 4.98 Å². The minimum atomic E-state index is -0.410. The molecule has 6 heteroatoms. The molecular weight excluding hydrogens is 290 g/mol. The zero-order valence-electron chi connectivity index (χ0n) is 11.6. The summed E-state index contributed by atoms with van der Waals surface area (Å²) in [6.45, 7) is 0. The molecule has 4 rings (SSSR count). The molecule has 5 nitrogen and oxygen atoms in total. The van der Waals surface area contributed by atoms with Gasteiger partial charge < -0.3 is 15.0 Å². The summed E-state index contributed by atoms with van der Waals surface area (Å²) in [5.74, 6) is 2.07. The van der Waals surface area contributed by atoms with E-state index in [0.29, 0.717) is 11.7 Å². The van der Waals surface area contributed by atoms with E-state index in [9.17, 15) is 0 Å². The number of halogens is 1. The van der Waals surface area contributed by atoms with Gasteiger partial charge in [0.25, 0.3) is 5.89 Å². The topological polar surface area (TPSA) is 74.2 Å². The SMILES string of the molecule is Cl.NC1(c2noc(C3Cc4ccccc4O3)n2)CCCC1. The molecule has 1 unspecified atom stereocenters. The Morgan fingerprint density at radius 1 is 1.19 bits per heavy atom. The fraction of sp³-hybridized carbons (Fsp3) is 0.467. The molecule has 0 bridgehead atoms. The third-order valence-corrected chi connectivity index (χ3v) is 4.31. The Labute approximate surface area is 129 Å². The molecule has 2 heterocycles. The van der Waals surface area contributed by atoms with Gasteiger partial charge in [-0.25, -0.2) is 0 Å². The zero-order valence-corrected chi connectivity index (χ0v) is 12.4. The largest absolute Gasteiger partial charge is 0.480 e. The molecule has 1 fully saturated rings. The Kier molecular flexibility index (Phi) is 3.63. The van der Waals surface area contributed by atoms with E-state index in [1.54, 1.807) is 0 Å². The van der Waals surface area contributed by atoms with Crippen molar-refractivity contribution >= 4 is 12.4 Å². The Hall–Kier alpha value is -1.59. The van der Waals surface area contributed by atoms with Crippen molar-refractivity contribution in [3.63, 3.8) is 0 Å². The molecule has 0 amide bonds. The zero-order chi connectivity index (χ0) is 13.6. The van der Waals surface area contributed by atoms with E-state index >= 15 is 0 Å². The number of hydrogen-bond acceptors (Lipinski definition) is 5. The van der Waals surface area contributed by atoms with Crippen LogP contribution in [0.4, 0.5) is 0 Å². The minimum absolute atomic E-state index is 0. The summed E-state index contributed by atoms with van der Waals surface area (Å²) in [6.07, 6.45) is 4.71. The predicted octanol–water partition coefficient (Wildman–Crippen LogP) is 2.90. The lowest BCUT2D eigenvalue weighted by Crippen LogP contribution is -2.34. The summed E-state index contributed by atoms with van der Waals surface area (Å²) in [5.41, 5.74) is 7.12. The Balaban J connectivity index is 0.00000132. The van der Waals surface area contributed by atoms with Crippen molar-refractivity contribution in [3.8, 4) is 5.75 Å². The number of aromatic nitrogens is 2. The maximum absolute atomic E-state index is 6.35. The number of hydrogen-bond donors (Lipinski definition) is 1. The average molecular weight is 308 g/mol. The third kappa shape index (κ3) is 2.40. The van der Waals surface area contributed by atoms with Crippen LogP contribution in [-0.2, 0) is 12.0 Å². The van der Waals surface area contributed by atoms with Gasteiger partial charge in [-0.15, -0.1) is 12.4 Å². The molecule has 2 N–H and O–H groups in total. The second-order valence-corrected chi connectivity index (χ2v) is 5.74. The molecule has 2 aromatic rings. The molecule has 1 saturated carbocycles. The molecule has 2 aliphatic rings. The number of ether oxygens (including phenoxy) is 1. The molecular formula is C15H18ClN3O2. The number of fused-ring (bicyclic) bond motifs is 1. The smallest absolute Gasteiger partial charge is 0.268 e. The average Bonchev–Trinajstić information content (AvgIpc) is 3.17. The van der Waals surface area contributed by atoms with Crippen molar-refractivity contribution in [1.82, 2.24) is 10.1 Å². The molecule has 1 aliphatic heterocycles. The Bertz CT molecular complexity index is 612. The lowest BCUT2D eigenvalue weighted by molar-refractivity contribution is 0.183. The number of para-hydroxylation sites is 1. The van der Waals surface area contributed by atoms with Crippen molar-refractivity contribution < 1.29 is 9.26 Å². The molecule has 1 aromatic carbocycles. The molecule has 0 saturated heterocycles. The first-order chi connectivity index (χ1) is 9.74. The lowest BCUT2D eigenvalue weighted by atomic mass is 9.99. The monoisotopic (exact) mass is 307 g/mol. The van der Waals surface area contributed by atoms with Gasteiger partial charge in [-0.05, 0) is 24.5 Å². The molecule has 0 spiro atoms. The summed E-state index contributed by atoms with van der Waals surface area (Å²) in [7, 11) is 0. The molecule has 0 radical (unpaired) electrons. The van der Waals surface area contributed by atoms with Crippen LogP contribution in [0, 0.1) is 0 Å². The fourth-order valence-corrected chi connectivity index (χ4v) is 3.12. The van der Waals surface area contributed by atoms with Crippen LogP contribution in [-0.4, -0.2) is 10.1 Å². The van der Waals surface area contributed by atoms with E-state index in [-0.39, 0.29) is 18.5 Å². The number of rotatable bonds is 2. The van der Waals surface area contributed by atoms with E-state index in [2.05, 4.69) is 16.2 Å². The van der Waals surface area contributed by atoms with Crippen LogP contribution in [0.15, 0.2) is 28.8 Å². The van der Waals surface area contributed by atoms with Gasteiger partial charge in [-0.3, -0.25) is 0 Å². The van der Waals surface area contributed by atoms with E-state index < -0.39 is 5.54 Å². The van der Waals surface area contributed by atoms with Crippen LogP contribution >= 0.6 is 12.4 Å². The van der Waals surface area contributed by atoms with Gasteiger partial charge in [-0.1, -0.05) is 36.2 Å². The highest BCUT2D eigenvalue weighted by molar-refractivity contribution is 5.85. The van der Waals surface area contributed by atoms with Crippen molar-refractivity contribution in [2.45, 2.75) is 43.7 Å². The number of nitrogens with two attached hydrogens (primary N) is 1. The number of benzene rings is 1. The summed E-state index contributed by atoms with van der Waals surface area (Å²) in [4.78, 5) is 4.50. The van der Waals surface area contributed by atoms with Gasteiger partial charge in [0, 0.05) is 6.42 Å². The lowest BCUT2D eigenvalue weighted by Gasteiger charge is -2.17. The van der Waals surface area contributed by atoms with Gasteiger partial charge in [0.15, 0.2) is 11.9 Å². The second kappa shape index (κ2) is 5.31. The highest BCUT2D eigenvalue weighted by atomic mass is 35.5. The van der Waals surface area contributed by atoms with Crippen LogP contribution < -0.4 is 10.5 Å². The second-order valence-electron chi connectivity index (χ2n) is 5.74. The van der Waals surface area contributed by atoms with Gasteiger partial charge in [0.05, 0.1) is 5.54 Å². The maximum atomic E-state index is 6.35. The minimum Gasteiger partial charge on any atom is -0.480 e. The Morgan fingerprint density at radius 2 is 1.95 bits per heavy atom. The Morgan fingerprint density at radius 3 is 2.71 bits per heavy atom. The van der Waals surface area contributed by atoms with Crippen molar-refractivity contribution in [2.75, 3.05) is 0 Å². The molecule has 21 heavy (non-hydrogen) atoms. The first-order valence-corrected chi connectivity index (χ1v) is 7.12. The van der Waals surface area contributed by atoms with E-state index in [4.69, 9.17) is 15.0 Å². The van der Waals surface area contributed by atoms with Gasteiger partial charge in [0.1, 0.15) is 5.75 Å². The highest BCUT2D eigenvalue weighted by Crippen LogP contribution is 2.38. The third-order valence-electron chi connectivity index (χ3n) is 4.31. The summed E-state index contributed by atoms with van der Waals surface area (Å²) >= 11 is 0. The predicted molar refractivity (Wildman–Crippen MR) is 79.4 cm³/mol. The highest BCUT2D eigenvalue weighted by Gasteiger charge is 2.37. The molecule has 1 atom stereocenters. The van der Waals surface area contributed by atoms with Gasteiger partial charge in [0.2, 0.25) is 0 Å². The van der Waals surface area contributed by atoms with Crippen LogP contribution in [0.2, 0.25) is 0 Å². The molecule has 1 aliphatic carbocycles. The first-order valence-electron chi connectivity index (χ1n) is 7.12.